The predicted molar refractivity (Wildman–Crippen MR) is 64.8 cm³/mol. The molecule has 1 aliphatic heterocycles. The molecule has 100 valence electrons. The Balaban J connectivity index is 2.34. The molecule has 1 unspecified atom stereocenters. The average Bonchev–Trinajstić information content (AvgIpc) is 2.81. The van der Waals surface area contributed by atoms with Gasteiger partial charge in [0, 0.05) is 25.4 Å². The fourth-order valence-corrected chi connectivity index (χ4v) is 3.65. The standard InChI is InChI=1S/C11H15FN2O3S/c12-10-2-1-9(13)5-11(10)18(16,17)14-4-3-8(6-14)7-15/h1-2,5,8,15H,3-4,6-7,13H2. The van der Waals surface area contributed by atoms with Crippen LogP contribution < -0.4 is 5.73 Å². The first kappa shape index (κ1) is 13.3. The van der Waals surface area contributed by atoms with E-state index in [0.717, 1.165) is 12.1 Å². The first-order valence-corrected chi connectivity index (χ1v) is 7.05. The van der Waals surface area contributed by atoms with E-state index in [1.165, 1.54) is 10.4 Å². The van der Waals surface area contributed by atoms with Crippen LogP contribution in [0.1, 0.15) is 6.42 Å². The summed E-state index contributed by atoms with van der Waals surface area (Å²) in [6, 6.07) is 3.48. The van der Waals surface area contributed by atoms with Gasteiger partial charge in [0.2, 0.25) is 10.0 Å². The molecule has 0 saturated carbocycles. The van der Waals surface area contributed by atoms with Gasteiger partial charge in [-0.05, 0) is 30.5 Å². The Hall–Kier alpha value is -1.18. The molecule has 1 fully saturated rings. The van der Waals surface area contributed by atoms with Gasteiger partial charge in [-0.2, -0.15) is 4.31 Å². The summed E-state index contributed by atoms with van der Waals surface area (Å²) < 4.78 is 39.2. The maximum atomic E-state index is 13.6. The largest absolute Gasteiger partial charge is 0.399 e. The second-order valence-electron chi connectivity index (χ2n) is 4.39. The molecule has 1 heterocycles. The van der Waals surface area contributed by atoms with Crippen LogP contribution >= 0.6 is 0 Å². The number of benzene rings is 1. The van der Waals surface area contributed by atoms with Crippen LogP contribution in [0.4, 0.5) is 10.1 Å². The molecular weight excluding hydrogens is 259 g/mol. The number of hydrogen-bond acceptors (Lipinski definition) is 4. The lowest BCUT2D eigenvalue weighted by molar-refractivity contribution is 0.233. The molecule has 0 spiro atoms. The molecule has 1 aromatic rings. The Bertz CT molecular complexity index is 547. The Labute approximate surface area is 105 Å². The van der Waals surface area contributed by atoms with Crippen LogP contribution in [0.2, 0.25) is 0 Å². The molecule has 7 heteroatoms. The van der Waals surface area contributed by atoms with Gasteiger partial charge >= 0.3 is 0 Å². The number of rotatable bonds is 3. The van der Waals surface area contributed by atoms with Gasteiger partial charge in [-0.15, -0.1) is 0 Å². The quantitative estimate of drug-likeness (QED) is 0.782. The predicted octanol–water partition coefficient (Wildman–Crippen LogP) is 0.411. The van der Waals surface area contributed by atoms with E-state index in [2.05, 4.69) is 0 Å². The van der Waals surface area contributed by atoms with E-state index < -0.39 is 20.7 Å². The molecule has 1 aliphatic rings. The zero-order chi connectivity index (χ0) is 13.3. The van der Waals surface area contributed by atoms with Crippen LogP contribution in [-0.4, -0.2) is 37.5 Å². The fraction of sp³-hybridized carbons (Fsp3) is 0.455. The van der Waals surface area contributed by atoms with Gasteiger partial charge < -0.3 is 10.8 Å². The Kier molecular flexibility index (Phi) is 3.56. The van der Waals surface area contributed by atoms with E-state index in [4.69, 9.17) is 10.8 Å². The smallest absolute Gasteiger partial charge is 0.246 e. The first-order chi connectivity index (χ1) is 8.45. The van der Waals surface area contributed by atoms with Crippen molar-refractivity contribution in [3.8, 4) is 0 Å². The van der Waals surface area contributed by atoms with E-state index in [0.29, 0.717) is 13.0 Å². The van der Waals surface area contributed by atoms with Crippen molar-refractivity contribution >= 4 is 15.7 Å². The monoisotopic (exact) mass is 274 g/mol. The SMILES string of the molecule is Nc1ccc(F)c(S(=O)(=O)N2CCC(CO)C2)c1. The number of nitrogen functional groups attached to an aromatic ring is 1. The zero-order valence-corrected chi connectivity index (χ0v) is 10.5. The van der Waals surface area contributed by atoms with Crippen molar-refractivity contribution in [2.45, 2.75) is 11.3 Å². The molecule has 0 aromatic heterocycles. The highest BCUT2D eigenvalue weighted by Gasteiger charge is 2.33. The summed E-state index contributed by atoms with van der Waals surface area (Å²) in [7, 11) is -3.87. The molecule has 1 atom stereocenters. The molecule has 0 bridgehead atoms. The summed E-state index contributed by atoms with van der Waals surface area (Å²) in [4.78, 5) is -0.402. The molecule has 0 radical (unpaired) electrons. The van der Waals surface area contributed by atoms with Crippen molar-refractivity contribution in [3.63, 3.8) is 0 Å². The number of nitrogens with zero attached hydrogens (tertiary/aromatic N) is 1. The summed E-state index contributed by atoms with van der Waals surface area (Å²) in [5.74, 6) is -0.888. The van der Waals surface area contributed by atoms with Crippen molar-refractivity contribution in [2.75, 3.05) is 25.4 Å². The highest BCUT2D eigenvalue weighted by molar-refractivity contribution is 7.89. The zero-order valence-electron chi connectivity index (χ0n) is 9.71. The summed E-state index contributed by atoms with van der Waals surface area (Å²) >= 11 is 0. The summed E-state index contributed by atoms with van der Waals surface area (Å²) in [5, 5.41) is 9.00. The van der Waals surface area contributed by atoms with Crippen molar-refractivity contribution in [1.29, 1.82) is 0 Å². The minimum atomic E-state index is -3.87. The Morgan fingerprint density at radius 2 is 2.22 bits per heavy atom. The fourth-order valence-electron chi connectivity index (χ4n) is 2.02. The normalized spacial score (nSPS) is 21.3. The number of halogens is 1. The van der Waals surface area contributed by atoms with E-state index in [1.54, 1.807) is 0 Å². The highest BCUT2D eigenvalue weighted by Crippen LogP contribution is 2.26. The molecule has 2 rings (SSSR count). The van der Waals surface area contributed by atoms with Gasteiger partial charge in [0.15, 0.2) is 0 Å². The third kappa shape index (κ3) is 2.33. The summed E-state index contributed by atoms with van der Waals surface area (Å²) in [6.07, 6.45) is 0.583. The molecule has 1 aromatic carbocycles. The van der Waals surface area contributed by atoms with Gasteiger partial charge in [-0.1, -0.05) is 0 Å². The molecule has 18 heavy (non-hydrogen) atoms. The molecular formula is C11H15FN2O3S. The van der Waals surface area contributed by atoms with Gasteiger partial charge in [0.1, 0.15) is 10.7 Å². The number of anilines is 1. The third-order valence-corrected chi connectivity index (χ3v) is 4.96. The average molecular weight is 274 g/mol. The first-order valence-electron chi connectivity index (χ1n) is 5.61. The van der Waals surface area contributed by atoms with Crippen molar-refractivity contribution in [1.82, 2.24) is 4.31 Å². The van der Waals surface area contributed by atoms with Crippen LogP contribution in [0.5, 0.6) is 0 Å². The van der Waals surface area contributed by atoms with Gasteiger partial charge in [-0.25, -0.2) is 12.8 Å². The minimum Gasteiger partial charge on any atom is -0.399 e. The number of aliphatic hydroxyl groups is 1. The van der Waals surface area contributed by atoms with Crippen LogP contribution in [0.3, 0.4) is 0 Å². The molecule has 5 nitrogen and oxygen atoms in total. The van der Waals surface area contributed by atoms with E-state index in [1.807, 2.05) is 0 Å². The van der Waals surface area contributed by atoms with Gasteiger partial charge in [0.05, 0.1) is 0 Å². The second kappa shape index (κ2) is 4.83. The molecule has 0 aliphatic carbocycles. The molecule has 3 N–H and O–H groups in total. The van der Waals surface area contributed by atoms with Crippen molar-refractivity contribution in [3.05, 3.63) is 24.0 Å². The van der Waals surface area contributed by atoms with Crippen molar-refractivity contribution in [2.24, 2.45) is 5.92 Å². The van der Waals surface area contributed by atoms with Gasteiger partial charge in [-0.3, -0.25) is 0 Å². The van der Waals surface area contributed by atoms with E-state index >= 15 is 0 Å². The number of sulfonamides is 1. The van der Waals surface area contributed by atoms with Crippen LogP contribution in [0, 0.1) is 11.7 Å². The van der Waals surface area contributed by atoms with E-state index in [-0.39, 0.29) is 24.8 Å². The lowest BCUT2D eigenvalue weighted by Crippen LogP contribution is -2.30. The van der Waals surface area contributed by atoms with Crippen LogP contribution in [0.15, 0.2) is 23.1 Å². The lowest BCUT2D eigenvalue weighted by Gasteiger charge is -2.17. The van der Waals surface area contributed by atoms with Crippen LogP contribution in [0.25, 0.3) is 0 Å². The van der Waals surface area contributed by atoms with E-state index in [9.17, 15) is 12.8 Å². The number of hydrogen-bond donors (Lipinski definition) is 2. The van der Waals surface area contributed by atoms with Crippen LogP contribution in [-0.2, 0) is 10.0 Å². The second-order valence-corrected chi connectivity index (χ2v) is 6.30. The number of nitrogens with two attached hydrogens (primary N) is 1. The summed E-state index contributed by atoms with van der Waals surface area (Å²) in [6.45, 7) is 0.445. The molecule has 1 saturated heterocycles. The third-order valence-electron chi connectivity index (χ3n) is 3.08. The molecule has 0 amide bonds. The maximum Gasteiger partial charge on any atom is 0.246 e. The highest BCUT2D eigenvalue weighted by atomic mass is 32.2. The summed E-state index contributed by atoms with van der Waals surface area (Å²) in [5.41, 5.74) is 5.69. The lowest BCUT2D eigenvalue weighted by atomic mass is 10.1. The Morgan fingerprint density at radius 3 is 2.83 bits per heavy atom. The number of aliphatic hydroxyl groups excluding tert-OH is 1. The Morgan fingerprint density at radius 1 is 1.50 bits per heavy atom. The maximum absolute atomic E-state index is 13.6. The van der Waals surface area contributed by atoms with Gasteiger partial charge in [0.25, 0.3) is 0 Å². The van der Waals surface area contributed by atoms with Crippen molar-refractivity contribution < 1.29 is 17.9 Å². The topological polar surface area (TPSA) is 83.6 Å². The minimum absolute atomic E-state index is 0.0641.